The zero-order valence-electron chi connectivity index (χ0n) is 13.1. The van der Waals surface area contributed by atoms with Gasteiger partial charge >= 0.3 is 6.18 Å². The molecule has 3 rings (SSSR count). The molecule has 1 aliphatic heterocycles. The molecule has 0 saturated carbocycles. The van der Waals surface area contributed by atoms with Crippen LogP contribution in [0.1, 0.15) is 5.56 Å². The van der Waals surface area contributed by atoms with Crippen LogP contribution in [0, 0.1) is 0 Å². The lowest BCUT2D eigenvalue weighted by molar-refractivity contribution is -0.139. The number of anilines is 1. The van der Waals surface area contributed by atoms with E-state index < -0.39 is 26.7 Å². The number of piperazine rings is 1. The Morgan fingerprint density at radius 3 is 2.16 bits per heavy atom. The van der Waals surface area contributed by atoms with E-state index in [0.29, 0.717) is 13.1 Å². The number of hydrogen-bond donors (Lipinski definition) is 0. The van der Waals surface area contributed by atoms with Crippen molar-refractivity contribution >= 4 is 15.8 Å². The molecule has 9 heteroatoms. The summed E-state index contributed by atoms with van der Waals surface area (Å²) in [5.41, 5.74) is -1.14. The molecule has 25 heavy (non-hydrogen) atoms. The molecule has 1 aromatic carbocycles. The molecule has 0 bridgehead atoms. The van der Waals surface area contributed by atoms with Gasteiger partial charge in [-0.2, -0.15) is 17.5 Å². The zero-order valence-corrected chi connectivity index (χ0v) is 14.0. The molecule has 1 saturated heterocycles. The van der Waals surface area contributed by atoms with E-state index in [-0.39, 0.29) is 13.1 Å². The lowest BCUT2D eigenvalue weighted by atomic mass is 10.2. The third-order valence-corrected chi connectivity index (χ3v) is 5.98. The number of rotatable bonds is 3. The number of aromatic nitrogens is 1. The van der Waals surface area contributed by atoms with Crippen molar-refractivity contribution in [3.05, 3.63) is 54.2 Å². The van der Waals surface area contributed by atoms with Crippen molar-refractivity contribution < 1.29 is 21.6 Å². The number of nitrogens with zero attached hydrogens (tertiary/aromatic N) is 3. The summed E-state index contributed by atoms with van der Waals surface area (Å²) >= 11 is 0. The van der Waals surface area contributed by atoms with Crippen LogP contribution in [0.25, 0.3) is 0 Å². The number of pyridine rings is 1. The predicted octanol–water partition coefficient (Wildman–Crippen LogP) is 2.61. The summed E-state index contributed by atoms with van der Waals surface area (Å²) in [5, 5.41) is 0. The number of benzene rings is 1. The normalized spacial score (nSPS) is 16.8. The first-order chi connectivity index (χ1) is 11.8. The lowest BCUT2D eigenvalue weighted by Crippen LogP contribution is -2.49. The summed E-state index contributed by atoms with van der Waals surface area (Å²) < 4.78 is 65.9. The van der Waals surface area contributed by atoms with Gasteiger partial charge in [-0.25, -0.2) is 13.4 Å². The van der Waals surface area contributed by atoms with E-state index in [0.717, 1.165) is 22.3 Å². The molecule has 1 aromatic heterocycles. The minimum atomic E-state index is -4.72. The molecule has 0 N–H and O–H groups in total. The second-order valence-electron chi connectivity index (χ2n) is 5.57. The summed E-state index contributed by atoms with van der Waals surface area (Å²) in [6.45, 7) is 0.936. The van der Waals surface area contributed by atoms with Crippen molar-refractivity contribution in [3.63, 3.8) is 0 Å². The fourth-order valence-electron chi connectivity index (χ4n) is 2.76. The van der Waals surface area contributed by atoms with E-state index >= 15 is 0 Å². The first kappa shape index (κ1) is 17.7. The molecule has 0 unspecified atom stereocenters. The van der Waals surface area contributed by atoms with Gasteiger partial charge < -0.3 is 4.90 Å². The smallest absolute Gasteiger partial charge is 0.354 e. The molecule has 134 valence electrons. The third kappa shape index (κ3) is 3.62. The maximum absolute atomic E-state index is 13.1. The van der Waals surface area contributed by atoms with Gasteiger partial charge in [0.15, 0.2) is 0 Å². The minimum absolute atomic E-state index is 0.102. The van der Waals surface area contributed by atoms with Crippen molar-refractivity contribution in [1.82, 2.24) is 9.29 Å². The van der Waals surface area contributed by atoms with Gasteiger partial charge in [0.05, 0.1) is 10.5 Å². The quantitative estimate of drug-likeness (QED) is 0.832. The molecule has 0 atom stereocenters. The largest absolute Gasteiger partial charge is 0.417 e. The molecule has 2 heterocycles. The van der Waals surface area contributed by atoms with Crippen LogP contribution in [-0.4, -0.2) is 43.9 Å². The zero-order chi connectivity index (χ0) is 18.1. The van der Waals surface area contributed by atoms with Crippen molar-refractivity contribution in [2.24, 2.45) is 0 Å². The first-order valence-corrected chi connectivity index (χ1v) is 9.06. The Kier molecular flexibility index (Phi) is 4.70. The molecular weight excluding hydrogens is 355 g/mol. The molecule has 1 fully saturated rings. The highest BCUT2D eigenvalue weighted by atomic mass is 32.2. The fraction of sp³-hybridized carbons (Fsp3) is 0.312. The van der Waals surface area contributed by atoms with E-state index in [1.807, 2.05) is 17.0 Å². The van der Waals surface area contributed by atoms with Crippen LogP contribution in [0.5, 0.6) is 0 Å². The molecule has 0 radical (unpaired) electrons. The number of alkyl halides is 3. The van der Waals surface area contributed by atoms with Crippen LogP contribution in [0.4, 0.5) is 19.0 Å². The number of sulfonamides is 1. The van der Waals surface area contributed by atoms with Crippen LogP contribution < -0.4 is 4.90 Å². The molecule has 2 aromatic rings. The molecular formula is C16H16F3N3O2S. The van der Waals surface area contributed by atoms with Gasteiger partial charge in [-0.1, -0.05) is 18.2 Å². The monoisotopic (exact) mass is 371 g/mol. The van der Waals surface area contributed by atoms with Gasteiger partial charge in [-0.15, -0.1) is 0 Å². The third-order valence-electron chi connectivity index (χ3n) is 4.02. The molecule has 5 nitrogen and oxygen atoms in total. The Morgan fingerprint density at radius 2 is 1.56 bits per heavy atom. The summed E-state index contributed by atoms with van der Waals surface area (Å²) in [4.78, 5) is 5.41. The summed E-state index contributed by atoms with van der Waals surface area (Å²) in [7, 11) is -4.22. The first-order valence-electron chi connectivity index (χ1n) is 7.62. The molecule has 0 amide bonds. The van der Waals surface area contributed by atoms with Crippen molar-refractivity contribution in [2.75, 3.05) is 31.1 Å². The number of halogens is 3. The van der Waals surface area contributed by atoms with Crippen LogP contribution in [0.15, 0.2) is 53.6 Å². The van der Waals surface area contributed by atoms with Crippen molar-refractivity contribution in [2.45, 2.75) is 11.1 Å². The maximum atomic E-state index is 13.1. The molecule has 0 aliphatic carbocycles. The standard InChI is InChI=1S/C16H16F3N3O2S/c17-16(18,19)13-5-1-2-6-14(13)25(23,24)22-11-9-21(10-12-22)15-7-3-4-8-20-15/h1-8H,9-12H2. The van der Waals surface area contributed by atoms with Crippen LogP contribution in [-0.2, 0) is 16.2 Å². The summed E-state index contributed by atoms with van der Waals surface area (Å²) in [6.07, 6.45) is -3.09. The Morgan fingerprint density at radius 1 is 0.920 bits per heavy atom. The van der Waals surface area contributed by atoms with E-state index in [4.69, 9.17) is 0 Å². The topological polar surface area (TPSA) is 53.5 Å². The Labute approximate surface area is 143 Å². The summed E-state index contributed by atoms with van der Waals surface area (Å²) in [5.74, 6) is 0.718. The van der Waals surface area contributed by atoms with Crippen LogP contribution in [0.2, 0.25) is 0 Å². The van der Waals surface area contributed by atoms with Gasteiger partial charge in [-0.05, 0) is 24.3 Å². The van der Waals surface area contributed by atoms with Gasteiger partial charge in [0, 0.05) is 32.4 Å². The lowest BCUT2D eigenvalue weighted by Gasteiger charge is -2.35. The highest BCUT2D eigenvalue weighted by Crippen LogP contribution is 2.35. The predicted molar refractivity (Wildman–Crippen MR) is 86.7 cm³/mol. The molecule has 0 spiro atoms. The second kappa shape index (κ2) is 6.64. The Balaban J connectivity index is 1.82. The van der Waals surface area contributed by atoms with E-state index in [9.17, 15) is 21.6 Å². The Bertz CT molecular complexity index is 833. The maximum Gasteiger partial charge on any atom is 0.417 e. The second-order valence-corrected chi connectivity index (χ2v) is 7.48. The average molecular weight is 371 g/mol. The van der Waals surface area contributed by atoms with E-state index in [1.54, 1.807) is 12.3 Å². The van der Waals surface area contributed by atoms with E-state index in [2.05, 4.69) is 4.98 Å². The van der Waals surface area contributed by atoms with Crippen molar-refractivity contribution in [3.8, 4) is 0 Å². The fourth-order valence-corrected chi connectivity index (χ4v) is 4.40. The van der Waals surface area contributed by atoms with Crippen LogP contribution >= 0.6 is 0 Å². The summed E-state index contributed by atoms with van der Waals surface area (Å²) in [6, 6.07) is 9.68. The van der Waals surface area contributed by atoms with E-state index in [1.165, 1.54) is 12.1 Å². The highest BCUT2D eigenvalue weighted by molar-refractivity contribution is 7.89. The Hall–Kier alpha value is -2.13. The number of hydrogen-bond acceptors (Lipinski definition) is 4. The minimum Gasteiger partial charge on any atom is -0.354 e. The SMILES string of the molecule is O=S(=O)(c1ccccc1C(F)(F)F)N1CCN(c2ccccn2)CC1. The van der Waals surface area contributed by atoms with Crippen molar-refractivity contribution in [1.29, 1.82) is 0 Å². The molecule has 1 aliphatic rings. The van der Waals surface area contributed by atoms with Gasteiger partial charge in [-0.3, -0.25) is 0 Å². The van der Waals surface area contributed by atoms with Gasteiger partial charge in [0.1, 0.15) is 5.82 Å². The van der Waals surface area contributed by atoms with Crippen LogP contribution in [0.3, 0.4) is 0 Å². The van der Waals surface area contributed by atoms with Gasteiger partial charge in [0.2, 0.25) is 10.0 Å². The highest BCUT2D eigenvalue weighted by Gasteiger charge is 2.39. The average Bonchev–Trinajstić information content (AvgIpc) is 2.62. The van der Waals surface area contributed by atoms with Gasteiger partial charge in [0.25, 0.3) is 0 Å².